The molecule has 0 bridgehead atoms. The Bertz CT molecular complexity index is 393. The first kappa shape index (κ1) is 14.2. The molecule has 1 aromatic heterocycles. The van der Waals surface area contributed by atoms with Gasteiger partial charge in [0.1, 0.15) is 0 Å². The molecule has 0 aromatic carbocycles. The van der Waals surface area contributed by atoms with Crippen LogP contribution in [0.1, 0.15) is 6.92 Å². The van der Waals surface area contributed by atoms with Gasteiger partial charge in [-0.3, -0.25) is 0 Å². The van der Waals surface area contributed by atoms with Gasteiger partial charge in [0.05, 0.1) is 7.11 Å². The van der Waals surface area contributed by atoms with Crippen LogP contribution >= 0.6 is 23.1 Å². The molecular weight excluding hydrogens is 262 g/mol. The van der Waals surface area contributed by atoms with E-state index in [1.54, 1.807) is 0 Å². The molecule has 1 N–H and O–H groups in total. The number of hydrogen-bond acceptors (Lipinski definition) is 8. The quantitative estimate of drug-likeness (QED) is 0.624. The molecule has 0 fully saturated rings. The standard InChI is InChI=1S/C9H15N3O3S2/c1-9(14,6(13)15-4)5-16-8-11-10-7(17-8)12(2)3/h14H,5H2,1-4H3. The van der Waals surface area contributed by atoms with E-state index in [4.69, 9.17) is 0 Å². The number of carbonyl (C=O) groups is 1. The Morgan fingerprint density at radius 1 is 1.59 bits per heavy atom. The highest BCUT2D eigenvalue weighted by Crippen LogP contribution is 2.29. The Labute approximate surface area is 108 Å². The summed E-state index contributed by atoms with van der Waals surface area (Å²) >= 11 is 2.68. The zero-order valence-corrected chi connectivity index (χ0v) is 11.8. The Morgan fingerprint density at radius 2 is 2.24 bits per heavy atom. The van der Waals surface area contributed by atoms with Gasteiger partial charge < -0.3 is 14.7 Å². The maximum Gasteiger partial charge on any atom is 0.338 e. The van der Waals surface area contributed by atoms with Gasteiger partial charge in [-0.2, -0.15) is 0 Å². The summed E-state index contributed by atoms with van der Waals surface area (Å²) in [6.45, 7) is 1.42. The molecule has 0 aliphatic carbocycles. The van der Waals surface area contributed by atoms with Crippen molar-refractivity contribution in [3.05, 3.63) is 0 Å². The number of aliphatic hydroxyl groups is 1. The first-order chi connectivity index (χ1) is 7.86. The van der Waals surface area contributed by atoms with E-state index in [1.165, 1.54) is 37.1 Å². The van der Waals surface area contributed by atoms with Crippen LogP contribution in [0, 0.1) is 0 Å². The number of rotatable bonds is 5. The van der Waals surface area contributed by atoms with Gasteiger partial charge in [0.25, 0.3) is 0 Å². The zero-order valence-electron chi connectivity index (χ0n) is 10.1. The zero-order chi connectivity index (χ0) is 13.1. The average molecular weight is 277 g/mol. The van der Waals surface area contributed by atoms with Crippen LogP contribution < -0.4 is 4.90 Å². The van der Waals surface area contributed by atoms with Crippen LogP contribution in [0.5, 0.6) is 0 Å². The highest BCUT2D eigenvalue weighted by Gasteiger charge is 2.32. The number of aromatic nitrogens is 2. The normalized spacial score (nSPS) is 14.2. The first-order valence-electron chi connectivity index (χ1n) is 4.81. The minimum absolute atomic E-state index is 0.182. The molecular formula is C9H15N3O3S2. The highest BCUT2D eigenvalue weighted by atomic mass is 32.2. The second-order valence-corrected chi connectivity index (χ2v) is 5.98. The van der Waals surface area contributed by atoms with Gasteiger partial charge in [-0.25, -0.2) is 4.79 Å². The second-order valence-electron chi connectivity index (χ2n) is 3.80. The fourth-order valence-electron chi connectivity index (χ4n) is 0.923. The van der Waals surface area contributed by atoms with E-state index in [-0.39, 0.29) is 5.75 Å². The number of methoxy groups -OCH3 is 1. The molecule has 0 aliphatic rings. The van der Waals surface area contributed by atoms with Crippen LogP contribution in [0.15, 0.2) is 4.34 Å². The van der Waals surface area contributed by atoms with Crippen LogP contribution in [0.25, 0.3) is 0 Å². The molecule has 1 aromatic rings. The summed E-state index contributed by atoms with van der Waals surface area (Å²) in [4.78, 5) is 13.1. The Morgan fingerprint density at radius 3 is 2.71 bits per heavy atom. The van der Waals surface area contributed by atoms with Crippen molar-refractivity contribution < 1.29 is 14.6 Å². The smallest absolute Gasteiger partial charge is 0.338 e. The van der Waals surface area contributed by atoms with Crippen molar-refractivity contribution in [3.63, 3.8) is 0 Å². The molecule has 17 heavy (non-hydrogen) atoms. The molecule has 6 nitrogen and oxygen atoms in total. The van der Waals surface area contributed by atoms with Crippen LogP contribution in [0.2, 0.25) is 0 Å². The van der Waals surface area contributed by atoms with E-state index in [0.717, 1.165) is 5.13 Å². The Balaban J connectivity index is 2.58. The molecule has 8 heteroatoms. The topological polar surface area (TPSA) is 75.5 Å². The number of anilines is 1. The maximum absolute atomic E-state index is 11.2. The fourth-order valence-corrected chi connectivity index (χ4v) is 2.68. The molecule has 1 atom stereocenters. The molecule has 1 unspecified atom stereocenters. The van der Waals surface area contributed by atoms with Crippen molar-refractivity contribution in [1.29, 1.82) is 0 Å². The van der Waals surface area contributed by atoms with Gasteiger partial charge in [0, 0.05) is 19.8 Å². The third kappa shape index (κ3) is 3.83. The lowest BCUT2D eigenvalue weighted by atomic mass is 10.1. The average Bonchev–Trinajstić information content (AvgIpc) is 2.74. The molecule has 0 aliphatic heterocycles. The number of hydrogen-bond donors (Lipinski definition) is 1. The van der Waals surface area contributed by atoms with Gasteiger partial charge in [-0.05, 0) is 6.92 Å². The number of thioether (sulfide) groups is 1. The van der Waals surface area contributed by atoms with Gasteiger partial charge >= 0.3 is 5.97 Å². The maximum atomic E-state index is 11.2. The van der Waals surface area contributed by atoms with E-state index < -0.39 is 11.6 Å². The first-order valence-corrected chi connectivity index (χ1v) is 6.61. The molecule has 0 radical (unpaired) electrons. The molecule has 0 amide bonds. The molecule has 1 heterocycles. The van der Waals surface area contributed by atoms with E-state index in [2.05, 4.69) is 14.9 Å². The van der Waals surface area contributed by atoms with Crippen molar-refractivity contribution in [3.8, 4) is 0 Å². The van der Waals surface area contributed by atoms with E-state index in [0.29, 0.717) is 4.34 Å². The van der Waals surface area contributed by atoms with Crippen molar-refractivity contribution in [2.75, 3.05) is 31.9 Å². The summed E-state index contributed by atoms with van der Waals surface area (Å²) in [5.41, 5.74) is -1.51. The van der Waals surface area contributed by atoms with Gasteiger partial charge in [0.2, 0.25) is 5.13 Å². The van der Waals surface area contributed by atoms with Gasteiger partial charge in [-0.1, -0.05) is 23.1 Å². The molecule has 0 spiro atoms. The SMILES string of the molecule is COC(=O)C(C)(O)CSc1nnc(N(C)C)s1. The van der Waals surface area contributed by atoms with Crippen molar-refractivity contribution in [1.82, 2.24) is 10.2 Å². The van der Waals surface area contributed by atoms with E-state index >= 15 is 0 Å². The number of nitrogens with zero attached hydrogens (tertiary/aromatic N) is 3. The van der Waals surface area contributed by atoms with Crippen molar-refractivity contribution in [2.24, 2.45) is 0 Å². The molecule has 0 saturated carbocycles. The Hall–Kier alpha value is -0.860. The van der Waals surface area contributed by atoms with E-state index in [9.17, 15) is 9.90 Å². The predicted molar refractivity (Wildman–Crippen MR) is 67.6 cm³/mol. The molecule has 0 saturated heterocycles. The summed E-state index contributed by atoms with van der Waals surface area (Å²) in [5, 5.41) is 18.5. The third-order valence-corrected chi connectivity index (χ3v) is 4.40. The van der Waals surface area contributed by atoms with E-state index in [1.807, 2.05) is 19.0 Å². The van der Waals surface area contributed by atoms with Gasteiger partial charge in [-0.15, -0.1) is 10.2 Å². The minimum atomic E-state index is -1.51. The summed E-state index contributed by atoms with van der Waals surface area (Å²) in [7, 11) is 5.00. The summed E-state index contributed by atoms with van der Waals surface area (Å²) < 4.78 is 5.21. The Kier molecular flexibility index (Phi) is 4.72. The summed E-state index contributed by atoms with van der Waals surface area (Å²) in [5.74, 6) is -0.468. The second kappa shape index (κ2) is 5.65. The predicted octanol–water partition coefficient (Wildman–Crippen LogP) is 0.620. The lowest BCUT2D eigenvalue weighted by Crippen LogP contribution is -2.38. The van der Waals surface area contributed by atoms with Crippen LogP contribution in [0.4, 0.5) is 5.13 Å². The lowest BCUT2D eigenvalue weighted by molar-refractivity contribution is -0.158. The fraction of sp³-hybridized carbons (Fsp3) is 0.667. The molecule has 96 valence electrons. The minimum Gasteiger partial charge on any atom is -0.467 e. The third-order valence-electron chi connectivity index (χ3n) is 1.88. The monoisotopic (exact) mass is 277 g/mol. The van der Waals surface area contributed by atoms with Gasteiger partial charge in [0.15, 0.2) is 9.94 Å². The number of ether oxygens (including phenoxy) is 1. The van der Waals surface area contributed by atoms with Crippen LogP contribution in [0.3, 0.4) is 0 Å². The molecule has 1 rings (SSSR count). The highest BCUT2D eigenvalue weighted by molar-refractivity contribution is 8.01. The number of carbonyl (C=O) groups excluding carboxylic acids is 1. The van der Waals surface area contributed by atoms with Crippen molar-refractivity contribution >= 4 is 34.2 Å². The van der Waals surface area contributed by atoms with Crippen LogP contribution in [-0.4, -0.2) is 53.8 Å². The van der Waals surface area contributed by atoms with Crippen LogP contribution in [-0.2, 0) is 9.53 Å². The summed E-state index contributed by atoms with van der Waals surface area (Å²) in [6.07, 6.45) is 0. The van der Waals surface area contributed by atoms with Crippen molar-refractivity contribution in [2.45, 2.75) is 16.9 Å². The number of esters is 1. The lowest BCUT2D eigenvalue weighted by Gasteiger charge is -2.18. The largest absolute Gasteiger partial charge is 0.467 e. The summed E-state index contributed by atoms with van der Waals surface area (Å²) in [6, 6.07) is 0.